The summed E-state index contributed by atoms with van der Waals surface area (Å²) in [5.41, 5.74) is 0.0190. The van der Waals surface area contributed by atoms with Crippen molar-refractivity contribution in [3.05, 3.63) is 0 Å². The van der Waals surface area contributed by atoms with Crippen LogP contribution in [0, 0.1) is 10.8 Å². The fourth-order valence-corrected chi connectivity index (χ4v) is 1.38. The zero-order chi connectivity index (χ0) is 11.5. The number of carbonyl (C=O) groups excluding carboxylic acids is 1. The van der Waals surface area contributed by atoms with Gasteiger partial charge < -0.3 is 4.74 Å². The Morgan fingerprint density at radius 1 is 1.47 bits per heavy atom. The highest BCUT2D eigenvalue weighted by Crippen LogP contribution is 2.15. The van der Waals surface area contributed by atoms with E-state index in [2.05, 4.69) is 0 Å². The van der Waals surface area contributed by atoms with E-state index in [1.165, 1.54) is 4.90 Å². The van der Waals surface area contributed by atoms with Gasteiger partial charge in [-0.15, -0.1) is 0 Å². The SMILES string of the molecule is CC(C)(C)COC(=N)N1CCCCC1=O. The van der Waals surface area contributed by atoms with Crippen molar-refractivity contribution in [1.29, 1.82) is 5.41 Å². The number of hydrogen-bond acceptors (Lipinski definition) is 3. The summed E-state index contributed by atoms with van der Waals surface area (Å²) in [6, 6.07) is 0.00891. The molecule has 0 aromatic carbocycles. The predicted molar refractivity (Wildman–Crippen MR) is 58.7 cm³/mol. The van der Waals surface area contributed by atoms with E-state index >= 15 is 0 Å². The average Bonchev–Trinajstić information content (AvgIpc) is 2.14. The maximum atomic E-state index is 11.5. The first-order chi connectivity index (χ1) is 6.90. The standard InChI is InChI=1S/C11H20N2O2/c1-11(2,3)8-15-10(12)13-7-5-4-6-9(13)14/h12H,4-8H2,1-3H3. The summed E-state index contributed by atoms with van der Waals surface area (Å²) in [6.45, 7) is 7.21. The first-order valence-corrected chi connectivity index (χ1v) is 5.42. The molecule has 1 heterocycles. The predicted octanol–water partition coefficient (Wildman–Crippen LogP) is 2.00. The third-order valence-corrected chi connectivity index (χ3v) is 2.21. The van der Waals surface area contributed by atoms with Gasteiger partial charge in [0.15, 0.2) is 0 Å². The summed E-state index contributed by atoms with van der Waals surface area (Å²) < 4.78 is 5.30. The molecule has 86 valence electrons. The quantitative estimate of drug-likeness (QED) is 0.534. The molecule has 1 amide bonds. The molecule has 4 nitrogen and oxygen atoms in total. The average molecular weight is 212 g/mol. The number of nitrogens with zero attached hydrogens (tertiary/aromatic N) is 1. The van der Waals surface area contributed by atoms with Crippen LogP contribution in [-0.4, -0.2) is 30.0 Å². The van der Waals surface area contributed by atoms with Crippen molar-refractivity contribution >= 4 is 11.9 Å². The highest BCUT2D eigenvalue weighted by molar-refractivity contribution is 5.93. The molecule has 0 aromatic rings. The molecule has 1 aliphatic rings. The van der Waals surface area contributed by atoms with Crippen molar-refractivity contribution in [1.82, 2.24) is 4.90 Å². The Kier molecular flexibility index (Phi) is 3.72. The van der Waals surface area contributed by atoms with E-state index < -0.39 is 0 Å². The Balaban J connectivity index is 2.42. The van der Waals surface area contributed by atoms with Gasteiger partial charge in [0.2, 0.25) is 5.91 Å². The second-order valence-corrected chi connectivity index (χ2v) is 5.16. The number of hydrogen-bond donors (Lipinski definition) is 1. The maximum Gasteiger partial charge on any atom is 0.291 e. The lowest BCUT2D eigenvalue weighted by Crippen LogP contribution is -2.41. The van der Waals surface area contributed by atoms with E-state index in [1.807, 2.05) is 20.8 Å². The highest BCUT2D eigenvalue weighted by Gasteiger charge is 2.24. The minimum Gasteiger partial charge on any atom is -0.464 e. The number of amides is 1. The largest absolute Gasteiger partial charge is 0.464 e. The number of carbonyl (C=O) groups is 1. The molecule has 0 aromatic heterocycles. The number of nitrogens with one attached hydrogen (secondary N) is 1. The van der Waals surface area contributed by atoms with Crippen LogP contribution in [0.4, 0.5) is 0 Å². The van der Waals surface area contributed by atoms with Crippen molar-refractivity contribution in [2.45, 2.75) is 40.0 Å². The highest BCUT2D eigenvalue weighted by atomic mass is 16.5. The molecule has 0 unspecified atom stereocenters. The lowest BCUT2D eigenvalue weighted by Gasteiger charge is -2.28. The molecular formula is C11H20N2O2. The van der Waals surface area contributed by atoms with Crippen molar-refractivity contribution < 1.29 is 9.53 Å². The van der Waals surface area contributed by atoms with Crippen LogP contribution < -0.4 is 0 Å². The molecule has 1 saturated heterocycles. The lowest BCUT2D eigenvalue weighted by atomic mass is 9.99. The number of piperidine rings is 1. The van der Waals surface area contributed by atoms with Crippen LogP contribution in [0.2, 0.25) is 0 Å². The number of ether oxygens (including phenoxy) is 1. The Morgan fingerprint density at radius 3 is 2.67 bits per heavy atom. The molecule has 0 atom stereocenters. The van der Waals surface area contributed by atoms with Crippen LogP contribution >= 0.6 is 0 Å². The van der Waals surface area contributed by atoms with Crippen molar-refractivity contribution in [3.63, 3.8) is 0 Å². The third kappa shape index (κ3) is 3.90. The maximum absolute atomic E-state index is 11.5. The van der Waals surface area contributed by atoms with Gasteiger partial charge in [0, 0.05) is 13.0 Å². The summed E-state index contributed by atoms with van der Waals surface area (Å²) in [6.07, 6.45) is 2.44. The van der Waals surface area contributed by atoms with E-state index in [0.717, 1.165) is 12.8 Å². The molecule has 0 aliphatic carbocycles. The molecule has 0 bridgehead atoms. The molecule has 0 saturated carbocycles. The second kappa shape index (κ2) is 4.64. The summed E-state index contributed by atoms with van der Waals surface area (Å²) in [5.74, 6) is 0.0140. The van der Waals surface area contributed by atoms with Gasteiger partial charge in [-0.2, -0.15) is 0 Å². The Hall–Kier alpha value is -1.06. The van der Waals surface area contributed by atoms with Gasteiger partial charge >= 0.3 is 0 Å². The number of rotatable bonds is 1. The molecular weight excluding hydrogens is 192 g/mol. The zero-order valence-corrected chi connectivity index (χ0v) is 9.80. The van der Waals surface area contributed by atoms with Crippen LogP contribution in [0.25, 0.3) is 0 Å². The van der Waals surface area contributed by atoms with Crippen molar-refractivity contribution in [3.8, 4) is 0 Å². The van der Waals surface area contributed by atoms with Gasteiger partial charge in [-0.3, -0.25) is 15.1 Å². The first kappa shape index (κ1) is 12.0. The van der Waals surface area contributed by atoms with Crippen molar-refractivity contribution in [2.75, 3.05) is 13.2 Å². The summed E-state index contributed by atoms with van der Waals surface area (Å²) >= 11 is 0. The van der Waals surface area contributed by atoms with E-state index in [1.54, 1.807) is 0 Å². The Bertz CT molecular complexity index is 256. The Morgan fingerprint density at radius 2 is 2.13 bits per heavy atom. The third-order valence-electron chi connectivity index (χ3n) is 2.21. The van der Waals surface area contributed by atoms with Gasteiger partial charge in [0.1, 0.15) is 0 Å². The monoisotopic (exact) mass is 212 g/mol. The smallest absolute Gasteiger partial charge is 0.291 e. The van der Waals surface area contributed by atoms with Gasteiger partial charge in [-0.1, -0.05) is 20.8 Å². The topological polar surface area (TPSA) is 53.4 Å². The van der Waals surface area contributed by atoms with Crippen LogP contribution in [0.3, 0.4) is 0 Å². The Labute approximate surface area is 91.1 Å². The van der Waals surface area contributed by atoms with Crippen molar-refractivity contribution in [2.24, 2.45) is 5.41 Å². The minimum absolute atomic E-state index is 0.00891. The van der Waals surface area contributed by atoms with Crippen LogP contribution in [0.1, 0.15) is 40.0 Å². The summed E-state index contributed by atoms with van der Waals surface area (Å²) in [7, 11) is 0. The molecule has 15 heavy (non-hydrogen) atoms. The molecule has 0 spiro atoms. The van der Waals surface area contributed by atoms with E-state index in [0.29, 0.717) is 19.6 Å². The zero-order valence-electron chi connectivity index (χ0n) is 9.80. The molecule has 4 heteroatoms. The van der Waals surface area contributed by atoms with Crippen LogP contribution in [0.15, 0.2) is 0 Å². The molecule has 0 radical (unpaired) electrons. The van der Waals surface area contributed by atoms with Gasteiger partial charge in [0.25, 0.3) is 6.02 Å². The number of likely N-dealkylation sites (tertiary alicyclic amines) is 1. The van der Waals surface area contributed by atoms with E-state index in [-0.39, 0.29) is 17.3 Å². The van der Waals surface area contributed by atoms with Gasteiger partial charge in [-0.05, 0) is 18.3 Å². The summed E-state index contributed by atoms with van der Waals surface area (Å²) in [4.78, 5) is 12.9. The molecule has 1 fully saturated rings. The first-order valence-electron chi connectivity index (χ1n) is 5.42. The summed E-state index contributed by atoms with van der Waals surface area (Å²) in [5, 5.41) is 7.68. The van der Waals surface area contributed by atoms with Crippen LogP contribution in [0.5, 0.6) is 0 Å². The van der Waals surface area contributed by atoms with Crippen LogP contribution in [-0.2, 0) is 9.53 Å². The molecule has 1 rings (SSSR count). The molecule has 1 aliphatic heterocycles. The second-order valence-electron chi connectivity index (χ2n) is 5.16. The number of amidine groups is 1. The molecule has 1 N–H and O–H groups in total. The van der Waals surface area contributed by atoms with E-state index in [4.69, 9.17) is 10.1 Å². The normalized spacial score (nSPS) is 17.8. The lowest BCUT2D eigenvalue weighted by molar-refractivity contribution is -0.130. The fraction of sp³-hybridized carbons (Fsp3) is 0.818. The minimum atomic E-state index is 0.00891. The fourth-order valence-electron chi connectivity index (χ4n) is 1.38. The van der Waals surface area contributed by atoms with Gasteiger partial charge in [0.05, 0.1) is 6.61 Å². The van der Waals surface area contributed by atoms with E-state index in [9.17, 15) is 4.79 Å². The van der Waals surface area contributed by atoms with Gasteiger partial charge in [-0.25, -0.2) is 0 Å².